The number of ether oxygens (including phenoxy) is 1. The lowest BCUT2D eigenvalue weighted by Gasteiger charge is -2.35. The predicted molar refractivity (Wildman–Crippen MR) is 145 cm³/mol. The Morgan fingerprint density at radius 3 is 2.34 bits per heavy atom. The van der Waals surface area contributed by atoms with Crippen molar-refractivity contribution in [3.05, 3.63) is 77.4 Å². The molecular formula is C29H31N7O2. The quantitative estimate of drug-likeness (QED) is 0.311. The highest BCUT2D eigenvalue weighted by molar-refractivity contribution is 5.84. The first kappa shape index (κ1) is 24.3. The topological polar surface area (TPSA) is 105 Å². The minimum absolute atomic E-state index is 0.513. The van der Waals surface area contributed by atoms with Gasteiger partial charge in [-0.2, -0.15) is 10.0 Å². The normalized spacial score (nSPS) is 16.2. The first-order valence-corrected chi connectivity index (χ1v) is 12.8. The molecule has 5 aromatic rings. The number of H-pyrrole nitrogens is 1. The molecule has 0 spiro atoms. The number of rotatable bonds is 6. The van der Waals surface area contributed by atoms with Crippen LogP contribution in [0.4, 0.5) is 0 Å². The minimum Gasteiger partial charge on any atom is -0.465 e. The molecule has 0 amide bonds. The van der Waals surface area contributed by atoms with Crippen molar-refractivity contribution in [3.63, 3.8) is 0 Å². The highest BCUT2D eigenvalue weighted by Gasteiger charge is 2.50. The van der Waals surface area contributed by atoms with Crippen LogP contribution >= 0.6 is 0 Å². The van der Waals surface area contributed by atoms with Crippen LogP contribution < -0.4 is 4.74 Å². The summed E-state index contributed by atoms with van der Waals surface area (Å²) < 4.78 is 8.14. The summed E-state index contributed by atoms with van der Waals surface area (Å²) in [6, 6.07) is 21.2. The van der Waals surface area contributed by atoms with Gasteiger partial charge in [0.2, 0.25) is 0 Å². The molecule has 194 valence electrons. The van der Waals surface area contributed by atoms with Gasteiger partial charge < -0.3 is 9.94 Å². The molecule has 0 aliphatic carbocycles. The average molecular weight is 510 g/mol. The predicted octanol–water partition coefficient (Wildman–Crippen LogP) is 5.51. The summed E-state index contributed by atoms with van der Waals surface area (Å²) >= 11 is 0. The Balaban J connectivity index is 1.43. The largest absolute Gasteiger partial charge is 0.465 e. The molecule has 9 nitrogen and oxygen atoms in total. The van der Waals surface area contributed by atoms with Crippen LogP contribution in [0.5, 0.6) is 6.01 Å². The lowest BCUT2D eigenvalue weighted by atomic mass is 9.89. The summed E-state index contributed by atoms with van der Waals surface area (Å²) in [5, 5.41) is 27.0. The lowest BCUT2D eigenvalue weighted by Crippen LogP contribution is -2.42. The maximum atomic E-state index is 11.1. The summed E-state index contributed by atoms with van der Waals surface area (Å²) in [5.41, 5.74) is 7.07. The first-order valence-electron chi connectivity index (χ1n) is 12.8. The van der Waals surface area contributed by atoms with E-state index < -0.39 is 11.1 Å². The third-order valence-electron chi connectivity index (χ3n) is 7.61. The molecule has 9 heteroatoms. The van der Waals surface area contributed by atoms with E-state index in [9.17, 15) is 5.21 Å². The van der Waals surface area contributed by atoms with Gasteiger partial charge >= 0.3 is 0 Å². The van der Waals surface area contributed by atoms with Gasteiger partial charge in [-0.25, -0.2) is 5.10 Å². The molecule has 0 fully saturated rings. The molecule has 38 heavy (non-hydrogen) atoms. The van der Waals surface area contributed by atoms with Gasteiger partial charge in [0.05, 0.1) is 35.3 Å². The van der Waals surface area contributed by atoms with Crippen molar-refractivity contribution in [1.82, 2.24) is 35.2 Å². The number of hydrogen-bond acceptors (Lipinski definition) is 7. The summed E-state index contributed by atoms with van der Waals surface area (Å²) in [6.07, 6.45) is 0. The number of aromatic amines is 1. The monoisotopic (exact) mass is 509 g/mol. The molecule has 0 atom stereocenters. The van der Waals surface area contributed by atoms with Crippen molar-refractivity contribution in [2.45, 2.75) is 52.2 Å². The van der Waals surface area contributed by atoms with Crippen LogP contribution in [0.25, 0.3) is 33.5 Å². The third kappa shape index (κ3) is 3.61. The fourth-order valence-electron chi connectivity index (χ4n) is 5.82. The minimum atomic E-state index is -0.594. The van der Waals surface area contributed by atoms with E-state index in [4.69, 9.17) is 9.72 Å². The molecule has 3 aromatic carbocycles. The van der Waals surface area contributed by atoms with E-state index >= 15 is 0 Å². The number of nitrogens with zero attached hydrogens (tertiary/aromatic N) is 6. The number of nitrogens with one attached hydrogen (secondary N) is 1. The number of tetrazole rings is 1. The van der Waals surface area contributed by atoms with Crippen molar-refractivity contribution in [2.75, 3.05) is 6.61 Å². The second kappa shape index (κ2) is 8.75. The number of fused-ring (bicyclic) bond motifs is 3. The average Bonchev–Trinajstić information content (AvgIpc) is 3.60. The Labute approximate surface area is 221 Å². The van der Waals surface area contributed by atoms with Crippen LogP contribution in [0.3, 0.4) is 0 Å². The van der Waals surface area contributed by atoms with E-state index in [-0.39, 0.29) is 0 Å². The van der Waals surface area contributed by atoms with E-state index in [2.05, 4.69) is 61.6 Å². The van der Waals surface area contributed by atoms with Crippen LogP contribution in [0, 0.1) is 0 Å². The maximum absolute atomic E-state index is 11.1. The van der Waals surface area contributed by atoms with Crippen LogP contribution in [-0.2, 0) is 17.6 Å². The maximum Gasteiger partial charge on any atom is 0.297 e. The fraction of sp³-hybridized carbons (Fsp3) is 0.310. The van der Waals surface area contributed by atoms with Crippen molar-refractivity contribution >= 4 is 11.0 Å². The molecule has 3 heterocycles. The zero-order valence-electron chi connectivity index (χ0n) is 22.2. The Morgan fingerprint density at radius 1 is 0.921 bits per heavy atom. The molecule has 0 unspecified atom stereocenters. The van der Waals surface area contributed by atoms with Crippen molar-refractivity contribution < 1.29 is 9.94 Å². The summed E-state index contributed by atoms with van der Waals surface area (Å²) in [7, 11) is 0. The van der Waals surface area contributed by atoms with Gasteiger partial charge in [0.15, 0.2) is 5.82 Å². The van der Waals surface area contributed by atoms with Crippen LogP contribution in [0.1, 0.15) is 51.3 Å². The Hall–Kier alpha value is -4.08. The van der Waals surface area contributed by atoms with E-state index in [1.165, 1.54) is 5.06 Å². The smallest absolute Gasteiger partial charge is 0.297 e. The number of hydrogen-bond donors (Lipinski definition) is 2. The number of benzene rings is 3. The van der Waals surface area contributed by atoms with Gasteiger partial charge in [-0.05, 0) is 73.4 Å². The fourth-order valence-corrected chi connectivity index (χ4v) is 5.82. The number of aromatic nitrogens is 6. The van der Waals surface area contributed by atoms with Crippen LogP contribution in [0.2, 0.25) is 0 Å². The van der Waals surface area contributed by atoms with Crippen molar-refractivity contribution in [2.24, 2.45) is 0 Å². The van der Waals surface area contributed by atoms with E-state index in [0.29, 0.717) is 25.0 Å². The molecule has 2 aromatic heterocycles. The van der Waals surface area contributed by atoms with Crippen molar-refractivity contribution in [3.8, 4) is 28.5 Å². The first-order chi connectivity index (χ1) is 18.2. The molecular weight excluding hydrogens is 478 g/mol. The van der Waals surface area contributed by atoms with Crippen LogP contribution in [-0.4, -0.2) is 47.1 Å². The highest BCUT2D eigenvalue weighted by Crippen LogP contribution is 2.51. The molecule has 0 saturated heterocycles. The van der Waals surface area contributed by atoms with Gasteiger partial charge in [-0.15, -0.1) is 5.10 Å². The van der Waals surface area contributed by atoms with Crippen LogP contribution in [0.15, 0.2) is 60.7 Å². The van der Waals surface area contributed by atoms with Gasteiger partial charge in [-0.1, -0.05) is 54.6 Å². The van der Waals surface area contributed by atoms with Gasteiger partial charge in [0.1, 0.15) is 0 Å². The SMILES string of the molecule is CCOc1nc2ccc3c(c2n1Cc1ccc(-c2ccccc2-c2nnn[nH]2)cc1)C(C)(C)N(O)C3(C)C. The molecule has 0 radical (unpaired) electrons. The number of hydroxylamine groups is 2. The van der Waals surface area contributed by atoms with E-state index in [1.54, 1.807) is 0 Å². The van der Waals surface area contributed by atoms with Gasteiger partial charge in [0.25, 0.3) is 6.01 Å². The summed E-state index contributed by atoms with van der Waals surface area (Å²) in [4.78, 5) is 4.84. The second-order valence-electron chi connectivity index (χ2n) is 10.7. The molecule has 0 saturated carbocycles. The highest BCUT2D eigenvalue weighted by atomic mass is 16.5. The summed E-state index contributed by atoms with van der Waals surface area (Å²) in [5.74, 6) is 0.633. The zero-order valence-corrected chi connectivity index (χ0v) is 22.2. The molecule has 0 bridgehead atoms. The van der Waals surface area contributed by atoms with Gasteiger partial charge in [-0.3, -0.25) is 4.57 Å². The van der Waals surface area contributed by atoms with E-state index in [1.807, 2.05) is 58.9 Å². The number of imidazole rings is 1. The van der Waals surface area contributed by atoms with Gasteiger partial charge in [0, 0.05) is 11.1 Å². The molecule has 2 N–H and O–H groups in total. The Kier molecular flexibility index (Phi) is 5.59. The van der Waals surface area contributed by atoms with E-state index in [0.717, 1.165) is 44.4 Å². The standard InChI is InChI=1S/C29H31N7O2/c1-6-38-27-30-23-16-15-22-24(29(4,5)36(37)28(22,2)3)25(23)35(27)17-18-11-13-19(14-12-18)20-9-7-8-10-21(20)26-31-33-34-32-26/h7-16,37H,6,17H2,1-5H3,(H,31,32,33,34). The molecule has 6 rings (SSSR count). The zero-order chi connectivity index (χ0) is 26.7. The summed E-state index contributed by atoms with van der Waals surface area (Å²) in [6.45, 7) is 11.2. The lowest BCUT2D eigenvalue weighted by molar-refractivity contribution is -0.216. The second-order valence-corrected chi connectivity index (χ2v) is 10.7. The van der Waals surface area contributed by atoms with Crippen molar-refractivity contribution in [1.29, 1.82) is 0 Å². The Bertz CT molecular complexity index is 1620. The third-order valence-corrected chi connectivity index (χ3v) is 7.61. The molecule has 1 aliphatic heterocycles. The molecule has 1 aliphatic rings. The Morgan fingerprint density at radius 2 is 1.66 bits per heavy atom.